The van der Waals surface area contributed by atoms with E-state index in [-0.39, 0.29) is 5.41 Å². The Kier molecular flexibility index (Phi) is 3.36. The average Bonchev–Trinajstić information content (AvgIpc) is 2.78. The Morgan fingerprint density at radius 1 is 1.06 bits per heavy atom. The number of aliphatic hydroxyl groups excluding tert-OH is 1. The lowest BCUT2D eigenvalue weighted by molar-refractivity contribution is 0.218. The lowest BCUT2D eigenvalue weighted by Gasteiger charge is -2.22. The molecule has 1 aromatic carbocycles. The fraction of sp³-hybridized carbons (Fsp3) is 0.333. The molecule has 90 valence electrons. The van der Waals surface area contributed by atoms with Crippen molar-refractivity contribution in [3.05, 3.63) is 57.8 Å². The minimum atomic E-state index is -0.517. The summed E-state index contributed by atoms with van der Waals surface area (Å²) in [6, 6.07) is 9.82. The van der Waals surface area contributed by atoms with Crippen LogP contribution >= 0.6 is 11.3 Å². The van der Waals surface area contributed by atoms with Crippen molar-refractivity contribution in [2.24, 2.45) is 0 Å². The molecular formula is C15H18OS. The molecule has 1 heterocycles. The smallest absolute Gasteiger partial charge is 0.105 e. The lowest BCUT2D eigenvalue weighted by Crippen LogP contribution is -2.14. The predicted molar refractivity (Wildman–Crippen MR) is 73.5 cm³/mol. The Bertz CT molecular complexity index is 479. The van der Waals surface area contributed by atoms with Crippen molar-refractivity contribution < 1.29 is 5.11 Å². The molecule has 1 nitrogen and oxygen atoms in total. The summed E-state index contributed by atoms with van der Waals surface area (Å²) < 4.78 is 0. The summed E-state index contributed by atoms with van der Waals surface area (Å²) in [6.45, 7) is 6.53. The summed E-state index contributed by atoms with van der Waals surface area (Å²) in [7, 11) is 0. The molecule has 0 spiro atoms. The molecule has 0 bridgehead atoms. The van der Waals surface area contributed by atoms with Crippen molar-refractivity contribution >= 4 is 11.3 Å². The molecule has 17 heavy (non-hydrogen) atoms. The number of hydrogen-bond acceptors (Lipinski definition) is 2. The molecule has 1 N–H and O–H groups in total. The first-order valence-corrected chi connectivity index (χ1v) is 6.74. The van der Waals surface area contributed by atoms with E-state index in [1.54, 1.807) is 11.3 Å². The van der Waals surface area contributed by atoms with Crippen LogP contribution in [0.4, 0.5) is 0 Å². The second kappa shape index (κ2) is 4.63. The molecule has 0 fully saturated rings. The first-order valence-electron chi connectivity index (χ1n) is 5.79. The molecule has 2 heteroatoms. The summed E-state index contributed by atoms with van der Waals surface area (Å²) >= 11 is 1.66. The largest absolute Gasteiger partial charge is 0.384 e. The van der Waals surface area contributed by atoms with E-state index in [4.69, 9.17) is 0 Å². The molecule has 0 saturated carbocycles. The van der Waals surface area contributed by atoms with Crippen molar-refractivity contribution in [3.63, 3.8) is 0 Å². The number of hydrogen-bond donors (Lipinski definition) is 1. The summed E-state index contributed by atoms with van der Waals surface area (Å²) in [6.07, 6.45) is -0.517. The maximum Gasteiger partial charge on any atom is 0.105 e. The lowest BCUT2D eigenvalue weighted by atomic mass is 9.84. The molecule has 1 aromatic heterocycles. The van der Waals surface area contributed by atoms with Crippen LogP contribution in [-0.4, -0.2) is 5.11 Å². The van der Waals surface area contributed by atoms with Gasteiger partial charge in [-0.25, -0.2) is 0 Å². The van der Waals surface area contributed by atoms with E-state index in [0.717, 1.165) is 11.1 Å². The molecule has 1 atom stereocenters. The minimum Gasteiger partial charge on any atom is -0.384 e. The average molecular weight is 246 g/mol. The molecule has 2 rings (SSSR count). The zero-order valence-corrected chi connectivity index (χ0v) is 11.3. The molecule has 0 aliphatic carbocycles. The van der Waals surface area contributed by atoms with Crippen molar-refractivity contribution in [3.8, 4) is 0 Å². The van der Waals surface area contributed by atoms with E-state index < -0.39 is 6.10 Å². The molecule has 0 aliphatic rings. The standard InChI is InChI=1S/C15H18OS/c1-15(2,3)13-10-17-9-12(13)14(16)11-7-5-4-6-8-11/h4-10,14,16H,1-3H3. The highest BCUT2D eigenvalue weighted by molar-refractivity contribution is 7.08. The normalized spacial score (nSPS) is 13.6. The first-order chi connectivity index (χ1) is 8.00. The van der Waals surface area contributed by atoms with Gasteiger partial charge in [-0.1, -0.05) is 51.1 Å². The fourth-order valence-corrected chi connectivity index (χ4v) is 3.04. The van der Waals surface area contributed by atoms with Gasteiger partial charge in [0.2, 0.25) is 0 Å². The van der Waals surface area contributed by atoms with E-state index in [2.05, 4.69) is 31.5 Å². The van der Waals surface area contributed by atoms with Crippen LogP contribution in [0.1, 0.15) is 43.6 Å². The first kappa shape index (κ1) is 12.3. The van der Waals surface area contributed by atoms with E-state index in [9.17, 15) is 5.11 Å². The Morgan fingerprint density at radius 2 is 1.71 bits per heavy atom. The van der Waals surface area contributed by atoms with Gasteiger partial charge in [0.1, 0.15) is 6.10 Å². The van der Waals surface area contributed by atoms with E-state index in [0.29, 0.717) is 0 Å². The fourth-order valence-electron chi connectivity index (χ4n) is 1.94. The monoisotopic (exact) mass is 246 g/mol. The quantitative estimate of drug-likeness (QED) is 0.845. The topological polar surface area (TPSA) is 20.2 Å². The third kappa shape index (κ3) is 2.59. The van der Waals surface area contributed by atoms with Crippen LogP contribution in [0.15, 0.2) is 41.1 Å². The van der Waals surface area contributed by atoms with Gasteiger partial charge in [0.25, 0.3) is 0 Å². The Balaban J connectivity index is 2.39. The van der Waals surface area contributed by atoms with Gasteiger partial charge in [0, 0.05) is 0 Å². The van der Waals surface area contributed by atoms with Crippen LogP contribution in [0.3, 0.4) is 0 Å². The molecule has 0 amide bonds. The van der Waals surface area contributed by atoms with E-state index >= 15 is 0 Å². The Labute approximate surface area is 107 Å². The van der Waals surface area contributed by atoms with Crippen LogP contribution < -0.4 is 0 Å². The van der Waals surface area contributed by atoms with Gasteiger partial charge < -0.3 is 5.11 Å². The zero-order chi connectivity index (χ0) is 12.5. The number of thiophene rings is 1. The molecular weight excluding hydrogens is 228 g/mol. The number of benzene rings is 1. The van der Waals surface area contributed by atoms with Crippen molar-refractivity contribution in [1.29, 1.82) is 0 Å². The van der Waals surface area contributed by atoms with Gasteiger partial charge >= 0.3 is 0 Å². The van der Waals surface area contributed by atoms with Crippen molar-refractivity contribution in [1.82, 2.24) is 0 Å². The van der Waals surface area contributed by atoms with Crippen LogP contribution in [0, 0.1) is 0 Å². The van der Waals surface area contributed by atoms with Crippen molar-refractivity contribution in [2.75, 3.05) is 0 Å². The van der Waals surface area contributed by atoms with Crippen LogP contribution in [-0.2, 0) is 5.41 Å². The molecule has 1 unspecified atom stereocenters. The van der Waals surface area contributed by atoms with Gasteiger partial charge in [0.15, 0.2) is 0 Å². The maximum absolute atomic E-state index is 10.4. The summed E-state index contributed by atoms with van der Waals surface area (Å²) in [5.74, 6) is 0. The molecule has 2 aromatic rings. The SMILES string of the molecule is CC(C)(C)c1cscc1C(O)c1ccccc1. The van der Waals surface area contributed by atoms with Crippen LogP contribution in [0.25, 0.3) is 0 Å². The Morgan fingerprint density at radius 3 is 2.29 bits per heavy atom. The molecule has 0 saturated heterocycles. The van der Waals surface area contributed by atoms with Crippen LogP contribution in [0.2, 0.25) is 0 Å². The zero-order valence-electron chi connectivity index (χ0n) is 10.5. The van der Waals surface area contributed by atoms with Gasteiger partial charge in [-0.05, 0) is 32.9 Å². The summed E-state index contributed by atoms with van der Waals surface area (Å²) in [5, 5.41) is 14.6. The highest BCUT2D eigenvalue weighted by Crippen LogP contribution is 2.35. The highest BCUT2D eigenvalue weighted by atomic mass is 32.1. The van der Waals surface area contributed by atoms with Crippen molar-refractivity contribution in [2.45, 2.75) is 32.3 Å². The third-order valence-electron chi connectivity index (χ3n) is 2.91. The summed E-state index contributed by atoms with van der Waals surface area (Å²) in [4.78, 5) is 0. The number of aliphatic hydroxyl groups is 1. The van der Waals surface area contributed by atoms with E-state index in [1.807, 2.05) is 30.3 Å². The highest BCUT2D eigenvalue weighted by Gasteiger charge is 2.23. The maximum atomic E-state index is 10.4. The molecule has 0 radical (unpaired) electrons. The summed E-state index contributed by atoms with van der Waals surface area (Å²) in [5.41, 5.74) is 3.30. The molecule has 0 aliphatic heterocycles. The third-order valence-corrected chi connectivity index (χ3v) is 3.67. The minimum absolute atomic E-state index is 0.0745. The van der Waals surface area contributed by atoms with Gasteiger partial charge in [-0.15, -0.1) is 0 Å². The van der Waals surface area contributed by atoms with Crippen LogP contribution in [0.5, 0.6) is 0 Å². The van der Waals surface area contributed by atoms with Gasteiger partial charge in [-0.2, -0.15) is 11.3 Å². The van der Waals surface area contributed by atoms with Gasteiger partial charge in [-0.3, -0.25) is 0 Å². The number of rotatable bonds is 2. The predicted octanol–water partition coefficient (Wildman–Crippen LogP) is 4.13. The van der Waals surface area contributed by atoms with Gasteiger partial charge in [0.05, 0.1) is 0 Å². The van der Waals surface area contributed by atoms with E-state index in [1.165, 1.54) is 5.56 Å². The Hall–Kier alpha value is -1.12. The second-order valence-corrected chi connectivity index (χ2v) is 6.05. The second-order valence-electron chi connectivity index (χ2n) is 5.30.